The lowest BCUT2D eigenvalue weighted by Crippen LogP contribution is -2.19. The van der Waals surface area contributed by atoms with Gasteiger partial charge in [-0.05, 0) is 37.2 Å². The minimum absolute atomic E-state index is 0.200. The summed E-state index contributed by atoms with van der Waals surface area (Å²) in [7, 11) is 0. The Morgan fingerprint density at radius 1 is 1.53 bits per heavy atom. The van der Waals surface area contributed by atoms with Gasteiger partial charge in [0, 0.05) is 22.9 Å². The van der Waals surface area contributed by atoms with Crippen LogP contribution in [-0.4, -0.2) is 16.1 Å². The lowest BCUT2D eigenvalue weighted by Gasteiger charge is -2.18. The maximum absolute atomic E-state index is 9.10. The van der Waals surface area contributed by atoms with Crippen LogP contribution in [0, 0.1) is 11.3 Å². The van der Waals surface area contributed by atoms with Crippen LogP contribution in [0.15, 0.2) is 35.1 Å². The molecule has 5 heteroatoms. The second-order valence-corrected chi connectivity index (χ2v) is 5.13. The molecular formula is C14H15BrN4. The van der Waals surface area contributed by atoms with E-state index in [0.29, 0.717) is 5.82 Å². The highest BCUT2D eigenvalue weighted by Crippen LogP contribution is 2.26. The third-order valence-corrected chi connectivity index (χ3v) is 3.46. The first-order valence-corrected chi connectivity index (χ1v) is 6.93. The number of hydrogen-bond donors (Lipinski definition) is 1. The van der Waals surface area contributed by atoms with Crippen molar-refractivity contribution in [3.8, 4) is 11.8 Å². The average molecular weight is 319 g/mol. The zero-order chi connectivity index (χ0) is 13.8. The van der Waals surface area contributed by atoms with E-state index >= 15 is 0 Å². The molecule has 1 N–H and O–H groups in total. The van der Waals surface area contributed by atoms with Gasteiger partial charge < -0.3 is 5.32 Å². The van der Waals surface area contributed by atoms with Crippen molar-refractivity contribution in [1.82, 2.24) is 14.9 Å². The number of nitriles is 1. The van der Waals surface area contributed by atoms with Gasteiger partial charge in [0.15, 0.2) is 0 Å². The predicted molar refractivity (Wildman–Crippen MR) is 78.1 cm³/mol. The summed E-state index contributed by atoms with van der Waals surface area (Å²) in [5.74, 6) is 0.396. The molecule has 0 aliphatic carbocycles. The number of aromatic nitrogens is 2. The maximum atomic E-state index is 9.10. The van der Waals surface area contributed by atoms with E-state index in [1.807, 2.05) is 22.9 Å². The molecule has 0 amide bonds. The third kappa shape index (κ3) is 2.86. The highest BCUT2D eigenvalue weighted by molar-refractivity contribution is 9.10. The Balaban J connectivity index is 2.54. The number of rotatable bonds is 4. The SMILES string of the molecule is CCNC(C)c1cc(Br)ccc1-n1ccnc1C#N. The Morgan fingerprint density at radius 3 is 3.00 bits per heavy atom. The van der Waals surface area contributed by atoms with E-state index in [0.717, 1.165) is 22.3 Å². The summed E-state index contributed by atoms with van der Waals surface area (Å²) < 4.78 is 2.84. The largest absolute Gasteiger partial charge is 0.310 e. The van der Waals surface area contributed by atoms with Gasteiger partial charge in [-0.1, -0.05) is 22.9 Å². The van der Waals surface area contributed by atoms with Crippen LogP contribution in [-0.2, 0) is 0 Å². The van der Waals surface area contributed by atoms with Crippen molar-refractivity contribution in [1.29, 1.82) is 5.26 Å². The molecule has 0 radical (unpaired) electrons. The van der Waals surface area contributed by atoms with E-state index in [9.17, 15) is 0 Å². The molecule has 0 saturated carbocycles. The fourth-order valence-corrected chi connectivity index (χ4v) is 2.47. The zero-order valence-corrected chi connectivity index (χ0v) is 12.5. The highest BCUT2D eigenvalue weighted by Gasteiger charge is 2.14. The molecule has 1 atom stereocenters. The number of hydrogen-bond acceptors (Lipinski definition) is 3. The predicted octanol–water partition coefficient (Wildman–Crippen LogP) is 3.18. The fraction of sp³-hybridized carbons (Fsp3) is 0.286. The summed E-state index contributed by atoms with van der Waals surface area (Å²) in [5, 5.41) is 12.5. The van der Waals surface area contributed by atoms with Crippen molar-refractivity contribution in [3.63, 3.8) is 0 Å². The minimum Gasteiger partial charge on any atom is -0.310 e. The summed E-state index contributed by atoms with van der Waals surface area (Å²) in [6, 6.07) is 8.35. The smallest absolute Gasteiger partial charge is 0.217 e. The summed E-state index contributed by atoms with van der Waals surface area (Å²) in [4.78, 5) is 4.05. The molecule has 2 aromatic rings. The molecule has 0 fully saturated rings. The Labute approximate surface area is 121 Å². The van der Waals surface area contributed by atoms with Crippen LogP contribution in [0.25, 0.3) is 5.69 Å². The first-order chi connectivity index (χ1) is 9.17. The average Bonchev–Trinajstić information content (AvgIpc) is 2.87. The lowest BCUT2D eigenvalue weighted by atomic mass is 10.1. The molecule has 0 aliphatic rings. The third-order valence-electron chi connectivity index (χ3n) is 2.97. The van der Waals surface area contributed by atoms with Crippen molar-refractivity contribution in [2.24, 2.45) is 0 Å². The quantitative estimate of drug-likeness (QED) is 0.942. The number of nitrogens with one attached hydrogen (secondary N) is 1. The van der Waals surface area contributed by atoms with E-state index < -0.39 is 0 Å². The summed E-state index contributed by atoms with van der Waals surface area (Å²) >= 11 is 3.50. The molecule has 19 heavy (non-hydrogen) atoms. The van der Waals surface area contributed by atoms with Gasteiger partial charge in [-0.25, -0.2) is 4.98 Å². The van der Waals surface area contributed by atoms with Gasteiger partial charge in [0.2, 0.25) is 5.82 Å². The van der Waals surface area contributed by atoms with Crippen molar-refractivity contribution in [2.45, 2.75) is 19.9 Å². The van der Waals surface area contributed by atoms with E-state index in [4.69, 9.17) is 5.26 Å². The van der Waals surface area contributed by atoms with Crippen LogP contribution in [0.5, 0.6) is 0 Å². The molecular weight excluding hydrogens is 304 g/mol. The molecule has 0 aliphatic heterocycles. The maximum Gasteiger partial charge on any atom is 0.217 e. The topological polar surface area (TPSA) is 53.6 Å². The molecule has 4 nitrogen and oxygen atoms in total. The molecule has 0 saturated heterocycles. The van der Waals surface area contributed by atoms with Gasteiger partial charge in [-0.3, -0.25) is 4.57 Å². The summed E-state index contributed by atoms with van der Waals surface area (Å²) in [6.45, 7) is 5.08. The highest BCUT2D eigenvalue weighted by atomic mass is 79.9. The molecule has 0 spiro atoms. The molecule has 0 bridgehead atoms. The molecule has 1 aromatic carbocycles. The van der Waals surface area contributed by atoms with Crippen LogP contribution in [0.3, 0.4) is 0 Å². The van der Waals surface area contributed by atoms with Gasteiger partial charge >= 0.3 is 0 Å². The molecule has 1 aromatic heterocycles. The van der Waals surface area contributed by atoms with Crippen LogP contribution in [0.1, 0.15) is 31.3 Å². The zero-order valence-electron chi connectivity index (χ0n) is 10.9. The Hall–Kier alpha value is -1.64. The van der Waals surface area contributed by atoms with Gasteiger partial charge in [-0.2, -0.15) is 5.26 Å². The van der Waals surface area contributed by atoms with Crippen molar-refractivity contribution in [2.75, 3.05) is 6.54 Å². The molecule has 98 valence electrons. The van der Waals surface area contributed by atoms with Crippen molar-refractivity contribution >= 4 is 15.9 Å². The van der Waals surface area contributed by atoms with Crippen LogP contribution < -0.4 is 5.32 Å². The standard InChI is InChI=1S/C14H15BrN4/c1-3-17-10(2)12-8-11(15)4-5-13(12)19-7-6-18-14(19)9-16/h4-8,10,17H,3H2,1-2H3. The summed E-state index contributed by atoms with van der Waals surface area (Å²) in [5.41, 5.74) is 2.11. The fourth-order valence-electron chi connectivity index (χ4n) is 2.09. The number of benzene rings is 1. The number of imidazole rings is 1. The van der Waals surface area contributed by atoms with Crippen LogP contribution in [0.4, 0.5) is 0 Å². The lowest BCUT2D eigenvalue weighted by molar-refractivity contribution is 0.595. The van der Waals surface area contributed by atoms with Gasteiger partial charge in [0.05, 0.1) is 5.69 Å². The number of nitrogens with zero attached hydrogens (tertiary/aromatic N) is 3. The van der Waals surface area contributed by atoms with Crippen molar-refractivity contribution < 1.29 is 0 Å². The normalized spacial score (nSPS) is 12.1. The van der Waals surface area contributed by atoms with E-state index in [1.54, 1.807) is 6.20 Å². The minimum atomic E-state index is 0.200. The van der Waals surface area contributed by atoms with Crippen molar-refractivity contribution in [3.05, 3.63) is 46.5 Å². The van der Waals surface area contributed by atoms with Gasteiger partial charge in [0.25, 0.3) is 0 Å². The Morgan fingerprint density at radius 2 is 2.32 bits per heavy atom. The molecule has 1 heterocycles. The van der Waals surface area contributed by atoms with Gasteiger partial charge in [0.1, 0.15) is 6.07 Å². The van der Waals surface area contributed by atoms with E-state index in [-0.39, 0.29) is 6.04 Å². The second kappa shape index (κ2) is 6.00. The van der Waals surface area contributed by atoms with E-state index in [2.05, 4.69) is 52.2 Å². The molecule has 1 unspecified atom stereocenters. The Bertz CT molecular complexity index is 612. The van der Waals surface area contributed by atoms with Crippen LogP contribution >= 0.6 is 15.9 Å². The summed E-state index contributed by atoms with van der Waals surface area (Å²) in [6.07, 6.45) is 3.45. The first kappa shape index (κ1) is 13.8. The second-order valence-electron chi connectivity index (χ2n) is 4.22. The van der Waals surface area contributed by atoms with Gasteiger partial charge in [-0.15, -0.1) is 0 Å². The monoisotopic (exact) mass is 318 g/mol. The Kier molecular flexibility index (Phi) is 4.35. The molecule has 2 rings (SSSR count). The van der Waals surface area contributed by atoms with Crippen LogP contribution in [0.2, 0.25) is 0 Å². The van der Waals surface area contributed by atoms with E-state index in [1.165, 1.54) is 0 Å². The number of halogens is 1. The first-order valence-electron chi connectivity index (χ1n) is 6.14.